The average Bonchev–Trinajstić information content (AvgIpc) is 3.11. The van der Waals surface area contributed by atoms with Crippen molar-refractivity contribution in [1.82, 2.24) is 9.96 Å². The molecule has 0 aliphatic carbocycles. The standard InChI is InChI=1S/C20H21Cl3N2O3/c21-16-6-7-17(22)20(23)15(16)10-19(27)25(28)18(13-4-2-1-3-5-13)12-24-9-8-14(26)11-24/h1-7,14,18,26,28H,8-12H2/t14-,18+/m0/s1. The Kier molecular flexibility index (Phi) is 7.20. The van der Waals surface area contributed by atoms with Crippen molar-refractivity contribution in [3.05, 3.63) is 68.7 Å². The molecule has 8 heteroatoms. The molecule has 1 aliphatic heterocycles. The van der Waals surface area contributed by atoms with Crippen molar-refractivity contribution in [2.45, 2.75) is 25.0 Å². The Bertz CT molecular complexity index is 835. The van der Waals surface area contributed by atoms with Crippen molar-refractivity contribution < 1.29 is 15.1 Å². The molecule has 0 unspecified atom stereocenters. The first-order chi connectivity index (χ1) is 13.4. The molecule has 1 aliphatic rings. The second kappa shape index (κ2) is 9.44. The van der Waals surface area contributed by atoms with Gasteiger partial charge in [0.05, 0.1) is 28.6 Å². The van der Waals surface area contributed by atoms with Gasteiger partial charge < -0.3 is 5.11 Å². The lowest BCUT2D eigenvalue weighted by atomic mass is 10.0. The van der Waals surface area contributed by atoms with Crippen molar-refractivity contribution in [3.8, 4) is 0 Å². The number of amides is 1. The molecule has 1 heterocycles. The van der Waals surface area contributed by atoms with Gasteiger partial charge in [-0.25, -0.2) is 5.06 Å². The summed E-state index contributed by atoms with van der Waals surface area (Å²) >= 11 is 18.4. The lowest BCUT2D eigenvalue weighted by molar-refractivity contribution is -0.177. The first kappa shape index (κ1) is 21.4. The summed E-state index contributed by atoms with van der Waals surface area (Å²) in [5.41, 5.74) is 1.17. The molecule has 150 valence electrons. The van der Waals surface area contributed by atoms with Crippen LogP contribution in [0.2, 0.25) is 15.1 Å². The van der Waals surface area contributed by atoms with Crippen LogP contribution in [-0.2, 0) is 11.2 Å². The summed E-state index contributed by atoms with van der Waals surface area (Å²) < 4.78 is 0. The van der Waals surface area contributed by atoms with Crippen LogP contribution in [0.3, 0.4) is 0 Å². The van der Waals surface area contributed by atoms with E-state index in [1.165, 1.54) is 0 Å². The second-order valence-corrected chi connectivity index (χ2v) is 8.06. The third-order valence-electron chi connectivity index (χ3n) is 4.88. The zero-order valence-corrected chi connectivity index (χ0v) is 17.3. The smallest absolute Gasteiger partial charge is 0.251 e. The Morgan fingerprint density at radius 3 is 2.46 bits per heavy atom. The number of carbonyl (C=O) groups is 1. The Morgan fingerprint density at radius 1 is 1.14 bits per heavy atom. The zero-order chi connectivity index (χ0) is 20.3. The van der Waals surface area contributed by atoms with Crippen LogP contribution in [0.15, 0.2) is 42.5 Å². The van der Waals surface area contributed by atoms with Gasteiger partial charge in [-0.05, 0) is 24.1 Å². The Balaban J connectivity index is 1.81. The van der Waals surface area contributed by atoms with Crippen LogP contribution in [0.25, 0.3) is 0 Å². The second-order valence-electron chi connectivity index (χ2n) is 6.87. The third-order valence-corrected chi connectivity index (χ3v) is 6.08. The van der Waals surface area contributed by atoms with E-state index in [0.717, 1.165) is 10.6 Å². The molecule has 5 nitrogen and oxygen atoms in total. The molecule has 1 fully saturated rings. The van der Waals surface area contributed by atoms with E-state index in [9.17, 15) is 15.1 Å². The minimum atomic E-state index is -0.587. The van der Waals surface area contributed by atoms with Gasteiger partial charge in [-0.3, -0.25) is 14.9 Å². The number of rotatable bonds is 6. The fourth-order valence-corrected chi connectivity index (χ4v) is 4.04. The maximum Gasteiger partial charge on any atom is 0.251 e. The number of hydrogen-bond donors (Lipinski definition) is 2. The van der Waals surface area contributed by atoms with E-state index >= 15 is 0 Å². The van der Waals surface area contributed by atoms with Gasteiger partial charge in [-0.1, -0.05) is 65.1 Å². The van der Waals surface area contributed by atoms with Crippen molar-refractivity contribution in [3.63, 3.8) is 0 Å². The maximum atomic E-state index is 12.8. The minimum Gasteiger partial charge on any atom is -0.392 e. The van der Waals surface area contributed by atoms with Crippen LogP contribution in [0.1, 0.15) is 23.6 Å². The number of hydrogen-bond acceptors (Lipinski definition) is 4. The highest BCUT2D eigenvalue weighted by molar-refractivity contribution is 6.44. The molecule has 1 saturated heterocycles. The first-order valence-electron chi connectivity index (χ1n) is 8.95. The van der Waals surface area contributed by atoms with Gasteiger partial charge in [0.1, 0.15) is 0 Å². The normalized spacial score (nSPS) is 18.2. The SMILES string of the molecule is O=C(Cc1c(Cl)ccc(Cl)c1Cl)N(O)[C@H](CN1CC[C@H](O)C1)c1ccccc1. The van der Waals surface area contributed by atoms with Crippen LogP contribution in [0.5, 0.6) is 0 Å². The van der Waals surface area contributed by atoms with Crippen molar-refractivity contribution >= 4 is 40.7 Å². The van der Waals surface area contributed by atoms with Crippen LogP contribution >= 0.6 is 34.8 Å². The molecular weight excluding hydrogens is 423 g/mol. The number of aliphatic hydroxyl groups excluding tert-OH is 1. The van der Waals surface area contributed by atoms with Crippen LogP contribution in [0, 0.1) is 0 Å². The molecule has 2 atom stereocenters. The first-order valence-corrected chi connectivity index (χ1v) is 10.1. The highest BCUT2D eigenvalue weighted by Crippen LogP contribution is 2.32. The molecule has 0 saturated carbocycles. The average molecular weight is 444 g/mol. The largest absolute Gasteiger partial charge is 0.392 e. The quantitative estimate of drug-likeness (QED) is 0.399. The highest BCUT2D eigenvalue weighted by Gasteiger charge is 2.30. The molecule has 3 rings (SSSR count). The van der Waals surface area contributed by atoms with E-state index in [1.807, 2.05) is 35.2 Å². The van der Waals surface area contributed by atoms with E-state index in [1.54, 1.807) is 12.1 Å². The van der Waals surface area contributed by atoms with Gasteiger partial charge in [0.2, 0.25) is 0 Å². The topological polar surface area (TPSA) is 64.0 Å². The summed E-state index contributed by atoms with van der Waals surface area (Å²) in [4.78, 5) is 14.9. The van der Waals surface area contributed by atoms with E-state index in [2.05, 4.69) is 0 Å². The number of hydroxylamine groups is 2. The van der Waals surface area contributed by atoms with Gasteiger partial charge in [-0.2, -0.15) is 0 Å². The van der Waals surface area contributed by atoms with Crippen LogP contribution < -0.4 is 0 Å². The Morgan fingerprint density at radius 2 is 1.82 bits per heavy atom. The zero-order valence-electron chi connectivity index (χ0n) is 15.1. The molecule has 0 bridgehead atoms. The predicted molar refractivity (Wildman–Crippen MR) is 110 cm³/mol. The third kappa shape index (κ3) is 4.98. The summed E-state index contributed by atoms with van der Waals surface area (Å²) in [7, 11) is 0. The van der Waals surface area contributed by atoms with Gasteiger partial charge in [0.15, 0.2) is 0 Å². The molecule has 0 spiro atoms. The number of aliphatic hydroxyl groups is 1. The summed E-state index contributed by atoms with van der Waals surface area (Å²) in [6.45, 7) is 1.62. The fourth-order valence-electron chi connectivity index (χ4n) is 3.36. The lowest BCUT2D eigenvalue weighted by Crippen LogP contribution is -2.40. The van der Waals surface area contributed by atoms with Gasteiger partial charge in [-0.15, -0.1) is 0 Å². The number of benzene rings is 2. The van der Waals surface area contributed by atoms with Crippen molar-refractivity contribution in [2.75, 3.05) is 19.6 Å². The monoisotopic (exact) mass is 442 g/mol. The minimum absolute atomic E-state index is 0.180. The molecule has 0 radical (unpaired) electrons. The molecule has 2 aromatic carbocycles. The van der Waals surface area contributed by atoms with Crippen LogP contribution in [0.4, 0.5) is 0 Å². The Hall–Kier alpha value is -1.34. The molecule has 2 aromatic rings. The number of nitrogens with zero attached hydrogens (tertiary/aromatic N) is 2. The summed E-state index contributed by atoms with van der Waals surface area (Å²) in [5, 5.41) is 22.1. The van der Waals surface area contributed by atoms with Crippen molar-refractivity contribution in [1.29, 1.82) is 0 Å². The van der Waals surface area contributed by atoms with Gasteiger partial charge in [0.25, 0.3) is 5.91 Å². The summed E-state index contributed by atoms with van der Waals surface area (Å²) in [5.74, 6) is -0.542. The number of carbonyl (C=O) groups excluding carboxylic acids is 1. The molecule has 2 N–H and O–H groups in total. The highest BCUT2D eigenvalue weighted by atomic mass is 35.5. The van der Waals surface area contributed by atoms with Crippen molar-refractivity contribution in [2.24, 2.45) is 0 Å². The number of β-amino-alcohol motifs (C(OH)–C–C–N with tert-alkyl or cyclic N) is 1. The van der Waals surface area contributed by atoms with E-state index in [-0.39, 0.29) is 17.5 Å². The van der Waals surface area contributed by atoms with Crippen LogP contribution in [-0.4, -0.2) is 51.9 Å². The van der Waals surface area contributed by atoms with Gasteiger partial charge >= 0.3 is 0 Å². The van der Waals surface area contributed by atoms with E-state index in [0.29, 0.717) is 41.7 Å². The molecule has 0 aromatic heterocycles. The predicted octanol–water partition coefficient (Wildman–Crippen LogP) is 4.22. The maximum absolute atomic E-state index is 12.8. The molecular formula is C20H21Cl3N2O3. The summed E-state index contributed by atoms with van der Waals surface area (Å²) in [6, 6.07) is 11.8. The number of halogens is 3. The molecule has 28 heavy (non-hydrogen) atoms. The fraction of sp³-hybridized carbons (Fsp3) is 0.350. The lowest BCUT2D eigenvalue weighted by Gasteiger charge is -2.30. The molecule has 1 amide bonds. The van der Waals surface area contributed by atoms with E-state index < -0.39 is 11.9 Å². The number of likely N-dealkylation sites (tertiary alicyclic amines) is 1. The Labute approximate surface area is 179 Å². The van der Waals surface area contributed by atoms with Gasteiger partial charge in [0, 0.05) is 30.2 Å². The summed E-state index contributed by atoms with van der Waals surface area (Å²) in [6.07, 6.45) is 0.110. The van der Waals surface area contributed by atoms with E-state index in [4.69, 9.17) is 34.8 Å².